The zero-order chi connectivity index (χ0) is 32.8. The van der Waals surface area contributed by atoms with Gasteiger partial charge in [0.1, 0.15) is 6.61 Å². The summed E-state index contributed by atoms with van der Waals surface area (Å²) in [6, 6.07) is 14.8. The molecule has 0 radical (unpaired) electrons. The number of amidine groups is 1. The van der Waals surface area contributed by atoms with Gasteiger partial charge in [0.15, 0.2) is 16.7 Å². The van der Waals surface area contributed by atoms with Crippen LogP contribution in [-0.2, 0) is 30.5 Å². The summed E-state index contributed by atoms with van der Waals surface area (Å²) in [5.74, 6) is -0.0868. The van der Waals surface area contributed by atoms with Gasteiger partial charge in [-0.1, -0.05) is 48.2 Å². The Morgan fingerprint density at radius 1 is 1.09 bits per heavy atom. The van der Waals surface area contributed by atoms with E-state index in [1.807, 2.05) is 58.8 Å². The van der Waals surface area contributed by atoms with Gasteiger partial charge in [-0.15, -0.1) is 0 Å². The maximum Gasteiger partial charge on any atom is 0.338 e. The van der Waals surface area contributed by atoms with Crippen molar-refractivity contribution in [3.63, 3.8) is 0 Å². The van der Waals surface area contributed by atoms with Crippen LogP contribution in [0.2, 0.25) is 0 Å². The molecule has 10 nitrogen and oxygen atoms in total. The van der Waals surface area contributed by atoms with Gasteiger partial charge < -0.3 is 28.7 Å². The molecule has 0 aliphatic carbocycles. The van der Waals surface area contributed by atoms with Gasteiger partial charge in [-0.3, -0.25) is 9.59 Å². The number of carbonyl (C=O) groups excluding carboxylic acids is 3. The highest BCUT2D eigenvalue weighted by Gasteiger charge is 2.42. The first-order valence-corrected chi connectivity index (χ1v) is 16.5. The predicted octanol–water partition coefficient (Wildman–Crippen LogP) is 5.99. The summed E-state index contributed by atoms with van der Waals surface area (Å²) in [7, 11) is 1.58. The van der Waals surface area contributed by atoms with E-state index in [9.17, 15) is 14.4 Å². The molecule has 0 bridgehead atoms. The number of hydrogen-bond donors (Lipinski definition) is 0. The smallest absolute Gasteiger partial charge is 0.338 e. The van der Waals surface area contributed by atoms with E-state index in [2.05, 4.69) is 0 Å². The Morgan fingerprint density at radius 2 is 1.87 bits per heavy atom. The molecule has 0 spiro atoms. The van der Waals surface area contributed by atoms with Crippen LogP contribution in [0.1, 0.15) is 64.1 Å². The molecule has 1 amide bonds. The van der Waals surface area contributed by atoms with Gasteiger partial charge in [0.05, 0.1) is 49.5 Å². The molecule has 244 valence electrons. The summed E-state index contributed by atoms with van der Waals surface area (Å²) in [6.45, 7) is 8.78. The molecule has 46 heavy (non-hydrogen) atoms. The van der Waals surface area contributed by atoms with E-state index in [1.54, 1.807) is 39.7 Å². The lowest BCUT2D eigenvalue weighted by atomic mass is 9.93. The number of esters is 2. The molecule has 3 aliphatic heterocycles. The number of ether oxygens (including phenoxy) is 4. The van der Waals surface area contributed by atoms with Gasteiger partial charge in [0.2, 0.25) is 5.91 Å². The standard InChI is InChI=1S/C35H41N3O7S/c1-6-43-33(40)26-13-10-16-37(19-26)30(39)18-27-21-46-35-36-23(4)31(34(41)45-22(2)3)32(38(27)35)25-14-15-28(29(17-25)42-5)44-20-24-11-8-7-9-12-24/h7-9,11-12,14-15,17,21-22,26,32H,6,10,13,16,18-20H2,1-5H3. The van der Waals surface area contributed by atoms with Crippen molar-refractivity contribution in [2.24, 2.45) is 10.9 Å². The second-order valence-electron chi connectivity index (χ2n) is 11.6. The number of methoxy groups -OCH3 is 1. The number of hydrogen-bond acceptors (Lipinski definition) is 10. The number of rotatable bonds is 11. The Morgan fingerprint density at radius 3 is 2.59 bits per heavy atom. The lowest BCUT2D eigenvalue weighted by molar-refractivity contribution is -0.151. The van der Waals surface area contributed by atoms with Crippen LogP contribution in [0.3, 0.4) is 0 Å². The largest absolute Gasteiger partial charge is 0.493 e. The van der Waals surface area contributed by atoms with Crippen LogP contribution in [0.4, 0.5) is 0 Å². The molecule has 5 rings (SSSR count). The first-order chi connectivity index (χ1) is 22.2. The number of likely N-dealkylation sites (tertiary alicyclic amines) is 1. The Kier molecular flexibility index (Phi) is 10.7. The van der Waals surface area contributed by atoms with E-state index in [-0.39, 0.29) is 30.3 Å². The minimum atomic E-state index is -0.626. The zero-order valence-corrected chi connectivity index (χ0v) is 27.8. The van der Waals surface area contributed by atoms with Gasteiger partial charge in [0, 0.05) is 18.8 Å². The molecule has 2 atom stereocenters. The maximum absolute atomic E-state index is 13.7. The highest BCUT2D eigenvalue weighted by molar-refractivity contribution is 8.16. The number of allylic oxidation sites excluding steroid dienone is 1. The van der Waals surface area contributed by atoms with Crippen LogP contribution in [0.15, 0.2) is 75.9 Å². The third-order valence-corrected chi connectivity index (χ3v) is 8.92. The average molecular weight is 648 g/mol. The lowest BCUT2D eigenvalue weighted by Crippen LogP contribution is -2.44. The van der Waals surface area contributed by atoms with Crippen molar-refractivity contribution in [3.05, 3.63) is 82.0 Å². The molecule has 0 aromatic heterocycles. The highest BCUT2D eigenvalue weighted by atomic mass is 32.2. The van der Waals surface area contributed by atoms with Crippen molar-refractivity contribution in [3.8, 4) is 11.5 Å². The van der Waals surface area contributed by atoms with E-state index in [0.717, 1.165) is 17.5 Å². The Labute approximate surface area is 274 Å². The fourth-order valence-electron chi connectivity index (χ4n) is 5.86. The first kappa shape index (κ1) is 33.1. The zero-order valence-electron chi connectivity index (χ0n) is 27.0. The number of aliphatic imine (C=N–C) groups is 1. The van der Waals surface area contributed by atoms with E-state index < -0.39 is 12.0 Å². The van der Waals surface area contributed by atoms with E-state index in [4.69, 9.17) is 23.9 Å². The first-order valence-electron chi connectivity index (χ1n) is 15.6. The molecule has 2 unspecified atom stereocenters. The van der Waals surface area contributed by atoms with Gasteiger partial charge in [0.25, 0.3) is 0 Å². The van der Waals surface area contributed by atoms with Crippen molar-refractivity contribution in [1.29, 1.82) is 0 Å². The number of thioether (sulfide) groups is 1. The monoisotopic (exact) mass is 647 g/mol. The fourth-order valence-corrected chi connectivity index (χ4v) is 6.82. The maximum atomic E-state index is 13.7. The molecule has 0 N–H and O–H groups in total. The van der Waals surface area contributed by atoms with E-state index in [0.29, 0.717) is 66.4 Å². The van der Waals surface area contributed by atoms with E-state index >= 15 is 0 Å². The van der Waals surface area contributed by atoms with Crippen LogP contribution in [0.25, 0.3) is 0 Å². The topological polar surface area (TPSA) is 107 Å². The molecule has 11 heteroatoms. The van der Waals surface area contributed by atoms with Crippen LogP contribution < -0.4 is 9.47 Å². The molecule has 2 aromatic carbocycles. The van der Waals surface area contributed by atoms with Gasteiger partial charge in [-0.05, 0) is 69.2 Å². The van der Waals surface area contributed by atoms with Gasteiger partial charge >= 0.3 is 11.9 Å². The summed E-state index contributed by atoms with van der Waals surface area (Å²) in [5.41, 5.74) is 3.43. The van der Waals surface area contributed by atoms with Crippen molar-refractivity contribution in [1.82, 2.24) is 9.80 Å². The number of carbonyl (C=O) groups is 3. The molecule has 1 saturated heterocycles. The Balaban J connectivity index is 1.44. The molecule has 3 aliphatic rings. The molecule has 3 heterocycles. The van der Waals surface area contributed by atoms with Crippen molar-refractivity contribution in [2.45, 2.75) is 65.7 Å². The number of amides is 1. The number of piperidine rings is 1. The molecule has 0 saturated carbocycles. The van der Waals surface area contributed by atoms with Gasteiger partial charge in [-0.25, -0.2) is 9.79 Å². The van der Waals surface area contributed by atoms with E-state index in [1.165, 1.54) is 11.8 Å². The minimum absolute atomic E-state index is 0.0824. The summed E-state index contributed by atoms with van der Waals surface area (Å²) < 4.78 is 22.8. The number of benzene rings is 2. The quantitative estimate of drug-likeness (QED) is 0.272. The summed E-state index contributed by atoms with van der Waals surface area (Å²) in [5, 5.41) is 2.58. The number of fused-ring (bicyclic) bond motifs is 1. The van der Waals surface area contributed by atoms with Crippen molar-refractivity contribution < 1.29 is 33.3 Å². The summed E-state index contributed by atoms with van der Waals surface area (Å²) >= 11 is 1.41. The van der Waals surface area contributed by atoms with Crippen LogP contribution in [-0.4, -0.2) is 65.7 Å². The molecular weight excluding hydrogens is 606 g/mol. The minimum Gasteiger partial charge on any atom is -0.493 e. The highest BCUT2D eigenvalue weighted by Crippen LogP contribution is 2.46. The Hall–Kier alpha value is -4.25. The van der Waals surface area contributed by atoms with Crippen molar-refractivity contribution >= 4 is 34.8 Å². The predicted molar refractivity (Wildman–Crippen MR) is 176 cm³/mol. The van der Waals surface area contributed by atoms with Crippen LogP contribution in [0, 0.1) is 5.92 Å². The molecular formula is C35H41N3O7S. The lowest BCUT2D eigenvalue weighted by Gasteiger charge is -2.37. The third-order valence-electron chi connectivity index (χ3n) is 8.03. The summed E-state index contributed by atoms with van der Waals surface area (Å²) in [4.78, 5) is 48.2. The fraction of sp³-hybridized carbons (Fsp3) is 0.429. The summed E-state index contributed by atoms with van der Waals surface area (Å²) in [6.07, 6.45) is 1.18. The average Bonchev–Trinajstić information content (AvgIpc) is 3.44. The second-order valence-corrected chi connectivity index (χ2v) is 12.5. The molecule has 1 fully saturated rings. The molecule has 2 aromatic rings. The normalized spacial score (nSPS) is 19.3. The van der Waals surface area contributed by atoms with Crippen LogP contribution in [0.5, 0.6) is 11.5 Å². The third kappa shape index (κ3) is 7.41. The second kappa shape index (κ2) is 14.9. The van der Waals surface area contributed by atoms with Crippen LogP contribution >= 0.6 is 11.8 Å². The Bertz CT molecular complexity index is 1550. The SMILES string of the molecule is CCOC(=O)C1CCCN(C(=O)CC2=CSC3=NC(C)=C(C(=O)OC(C)C)C(c4ccc(OCc5ccccc5)c(OC)c4)N23)C1. The van der Waals surface area contributed by atoms with Gasteiger partial charge in [-0.2, -0.15) is 0 Å². The number of nitrogens with zero attached hydrogens (tertiary/aromatic N) is 3. The van der Waals surface area contributed by atoms with Crippen molar-refractivity contribution in [2.75, 3.05) is 26.8 Å².